The molecule has 1 aromatic rings. The van der Waals surface area contributed by atoms with Crippen LogP contribution in [0.4, 0.5) is 4.79 Å². The summed E-state index contributed by atoms with van der Waals surface area (Å²) >= 11 is 0. The number of amides is 2. The van der Waals surface area contributed by atoms with Gasteiger partial charge >= 0.3 is 12.0 Å². The topological polar surface area (TPSA) is 124 Å². The third-order valence-electron chi connectivity index (χ3n) is 1.84. The molecule has 0 radical (unpaired) electrons. The van der Waals surface area contributed by atoms with Crippen molar-refractivity contribution in [2.45, 2.75) is 12.6 Å². The minimum Gasteiger partial charge on any atom is -0.480 e. The van der Waals surface area contributed by atoms with Gasteiger partial charge in [0, 0.05) is 6.20 Å². The zero-order valence-electron chi connectivity index (χ0n) is 8.83. The molecule has 92 valence electrons. The first-order valence-electron chi connectivity index (χ1n) is 4.78. The molecule has 8 heteroatoms. The Morgan fingerprint density at radius 1 is 1.47 bits per heavy atom. The van der Waals surface area contributed by atoms with Gasteiger partial charge in [-0.25, -0.2) is 9.59 Å². The number of aromatic nitrogens is 2. The van der Waals surface area contributed by atoms with Gasteiger partial charge < -0.3 is 20.8 Å². The number of carbonyl (C=O) groups excluding carboxylic acids is 1. The number of hydrogen-bond donors (Lipinski definition) is 4. The predicted octanol–water partition coefficient (Wildman–Crippen LogP) is -1.28. The van der Waals surface area contributed by atoms with Crippen LogP contribution >= 0.6 is 0 Å². The summed E-state index contributed by atoms with van der Waals surface area (Å²) in [7, 11) is 0. The van der Waals surface area contributed by atoms with Gasteiger partial charge in [-0.2, -0.15) is 10.2 Å². The van der Waals surface area contributed by atoms with Crippen LogP contribution in [-0.4, -0.2) is 45.1 Å². The Kier molecular flexibility index (Phi) is 4.82. The van der Waals surface area contributed by atoms with E-state index in [1.807, 2.05) is 0 Å². The molecule has 1 unspecified atom stereocenters. The molecular formula is C9H12N4O4. The second-order valence-electron chi connectivity index (χ2n) is 3.12. The lowest BCUT2D eigenvalue weighted by Gasteiger charge is -2.12. The number of carboxylic acid groups (broad SMARTS) is 1. The quantitative estimate of drug-likeness (QED) is 0.508. The maximum absolute atomic E-state index is 11.2. The number of aliphatic carboxylic acids is 1. The van der Waals surface area contributed by atoms with Gasteiger partial charge in [-0.3, -0.25) is 0 Å². The fourth-order valence-electron chi connectivity index (χ4n) is 0.993. The fourth-order valence-corrected chi connectivity index (χ4v) is 0.993. The van der Waals surface area contributed by atoms with Crippen LogP contribution in [0.2, 0.25) is 0 Å². The lowest BCUT2D eigenvalue weighted by Crippen LogP contribution is -2.47. The maximum Gasteiger partial charge on any atom is 0.328 e. The predicted molar refractivity (Wildman–Crippen MR) is 55.9 cm³/mol. The van der Waals surface area contributed by atoms with E-state index in [9.17, 15) is 9.59 Å². The highest BCUT2D eigenvalue weighted by Crippen LogP contribution is 1.90. The van der Waals surface area contributed by atoms with Crippen molar-refractivity contribution in [3.05, 3.63) is 24.0 Å². The van der Waals surface area contributed by atoms with Crippen LogP contribution < -0.4 is 10.6 Å². The summed E-state index contributed by atoms with van der Waals surface area (Å²) < 4.78 is 0. The van der Waals surface area contributed by atoms with Crippen molar-refractivity contribution in [1.82, 2.24) is 20.8 Å². The number of rotatable bonds is 5. The van der Waals surface area contributed by atoms with Gasteiger partial charge in [0.05, 0.1) is 18.8 Å². The summed E-state index contributed by atoms with van der Waals surface area (Å²) in [5, 5.41) is 29.1. The van der Waals surface area contributed by atoms with Crippen LogP contribution in [0.25, 0.3) is 0 Å². The summed E-state index contributed by atoms with van der Waals surface area (Å²) in [6.07, 6.45) is 1.50. The van der Waals surface area contributed by atoms with Gasteiger partial charge in [-0.1, -0.05) is 0 Å². The van der Waals surface area contributed by atoms with Gasteiger partial charge in [0.1, 0.15) is 0 Å². The Morgan fingerprint density at radius 3 is 2.76 bits per heavy atom. The standard InChI is InChI=1S/C9H12N4O4/c14-5-7(8(15)16)12-9(17)10-4-6-2-1-3-11-13-6/h1-3,7,14H,4-5H2,(H,15,16)(H2,10,12,17). The third-order valence-corrected chi connectivity index (χ3v) is 1.84. The van der Waals surface area contributed by atoms with Gasteiger partial charge in [-0.15, -0.1) is 0 Å². The van der Waals surface area contributed by atoms with E-state index in [4.69, 9.17) is 10.2 Å². The first kappa shape index (κ1) is 12.8. The third kappa shape index (κ3) is 4.43. The van der Waals surface area contributed by atoms with E-state index in [0.29, 0.717) is 5.69 Å². The van der Waals surface area contributed by atoms with Crippen LogP contribution in [0.5, 0.6) is 0 Å². The summed E-state index contributed by atoms with van der Waals surface area (Å²) in [4.78, 5) is 21.8. The molecule has 0 saturated carbocycles. The summed E-state index contributed by atoms with van der Waals surface area (Å²) in [6.45, 7) is -0.550. The molecule has 2 amide bonds. The van der Waals surface area contributed by atoms with E-state index in [-0.39, 0.29) is 6.54 Å². The lowest BCUT2D eigenvalue weighted by molar-refractivity contribution is -0.140. The van der Waals surface area contributed by atoms with Crippen LogP contribution in [0.3, 0.4) is 0 Å². The Bertz CT molecular complexity index is 384. The Labute approximate surface area is 96.7 Å². The smallest absolute Gasteiger partial charge is 0.328 e. The first-order valence-corrected chi connectivity index (χ1v) is 4.78. The number of aliphatic hydroxyl groups excluding tert-OH is 1. The number of aliphatic hydroxyl groups is 1. The molecule has 0 aliphatic heterocycles. The molecule has 0 saturated heterocycles. The van der Waals surface area contributed by atoms with Gasteiger partial charge in [0.25, 0.3) is 0 Å². The zero-order valence-corrected chi connectivity index (χ0v) is 8.83. The SMILES string of the molecule is O=C(NCc1cccnn1)NC(CO)C(=O)O. The summed E-state index contributed by atoms with van der Waals surface area (Å²) in [5.74, 6) is -1.30. The molecule has 0 bridgehead atoms. The Hall–Kier alpha value is -2.22. The van der Waals surface area contributed by atoms with E-state index in [0.717, 1.165) is 0 Å². The van der Waals surface area contributed by atoms with E-state index in [1.165, 1.54) is 6.20 Å². The Morgan fingerprint density at radius 2 is 2.24 bits per heavy atom. The van der Waals surface area contributed by atoms with Crippen molar-refractivity contribution in [3.8, 4) is 0 Å². The number of nitrogens with one attached hydrogen (secondary N) is 2. The number of carboxylic acids is 1. The summed E-state index contributed by atoms with van der Waals surface area (Å²) in [6, 6.07) is 1.30. The highest BCUT2D eigenvalue weighted by atomic mass is 16.4. The highest BCUT2D eigenvalue weighted by Gasteiger charge is 2.18. The average molecular weight is 240 g/mol. The maximum atomic E-state index is 11.2. The Balaban J connectivity index is 2.37. The average Bonchev–Trinajstić information content (AvgIpc) is 2.34. The van der Waals surface area contributed by atoms with Crippen molar-refractivity contribution in [3.63, 3.8) is 0 Å². The van der Waals surface area contributed by atoms with Crippen molar-refractivity contribution >= 4 is 12.0 Å². The van der Waals surface area contributed by atoms with Crippen molar-refractivity contribution in [2.75, 3.05) is 6.61 Å². The summed E-state index contributed by atoms with van der Waals surface area (Å²) in [5.41, 5.74) is 0.540. The van der Waals surface area contributed by atoms with Crippen molar-refractivity contribution in [1.29, 1.82) is 0 Å². The molecule has 1 aromatic heterocycles. The molecule has 1 rings (SSSR count). The van der Waals surface area contributed by atoms with Gasteiger partial charge in [0.15, 0.2) is 6.04 Å². The molecular weight excluding hydrogens is 228 g/mol. The minimum absolute atomic E-state index is 0.122. The van der Waals surface area contributed by atoms with Gasteiger partial charge in [0.2, 0.25) is 0 Å². The minimum atomic E-state index is -1.32. The van der Waals surface area contributed by atoms with Crippen LogP contribution in [0.1, 0.15) is 5.69 Å². The number of hydrogen-bond acceptors (Lipinski definition) is 5. The highest BCUT2D eigenvalue weighted by molar-refractivity contribution is 5.82. The van der Waals surface area contributed by atoms with Crippen LogP contribution in [0.15, 0.2) is 18.3 Å². The zero-order chi connectivity index (χ0) is 12.7. The molecule has 0 aliphatic rings. The number of nitrogens with zero attached hydrogens (tertiary/aromatic N) is 2. The molecule has 1 atom stereocenters. The van der Waals surface area contributed by atoms with E-state index >= 15 is 0 Å². The van der Waals surface area contributed by atoms with E-state index in [2.05, 4.69) is 20.8 Å². The second-order valence-corrected chi connectivity index (χ2v) is 3.12. The first-order chi connectivity index (χ1) is 8.13. The molecule has 1 heterocycles. The van der Waals surface area contributed by atoms with Crippen LogP contribution in [-0.2, 0) is 11.3 Å². The van der Waals surface area contributed by atoms with Gasteiger partial charge in [-0.05, 0) is 12.1 Å². The van der Waals surface area contributed by atoms with E-state index < -0.39 is 24.6 Å². The monoisotopic (exact) mass is 240 g/mol. The molecule has 4 N–H and O–H groups in total. The molecule has 0 aliphatic carbocycles. The second kappa shape index (κ2) is 6.38. The molecule has 17 heavy (non-hydrogen) atoms. The van der Waals surface area contributed by atoms with Crippen molar-refractivity contribution < 1.29 is 19.8 Å². The molecule has 8 nitrogen and oxygen atoms in total. The van der Waals surface area contributed by atoms with Crippen molar-refractivity contribution in [2.24, 2.45) is 0 Å². The number of urea groups is 1. The molecule has 0 aromatic carbocycles. The molecule has 0 fully saturated rings. The largest absolute Gasteiger partial charge is 0.480 e. The molecule has 0 spiro atoms. The number of carbonyl (C=O) groups is 2. The van der Waals surface area contributed by atoms with Crippen LogP contribution in [0, 0.1) is 0 Å². The normalized spacial score (nSPS) is 11.6. The lowest BCUT2D eigenvalue weighted by atomic mass is 10.3. The van der Waals surface area contributed by atoms with E-state index in [1.54, 1.807) is 12.1 Å². The fraction of sp³-hybridized carbons (Fsp3) is 0.333.